The lowest BCUT2D eigenvalue weighted by atomic mass is 10.0. The van der Waals surface area contributed by atoms with E-state index in [9.17, 15) is 4.79 Å². The van der Waals surface area contributed by atoms with Gasteiger partial charge in [-0.25, -0.2) is 0 Å². The summed E-state index contributed by atoms with van der Waals surface area (Å²) in [6.45, 7) is 3.93. The number of hydrogen-bond donors (Lipinski definition) is 1. The summed E-state index contributed by atoms with van der Waals surface area (Å²) in [7, 11) is 1.57. The summed E-state index contributed by atoms with van der Waals surface area (Å²) in [5.41, 5.74) is 7.46. The zero-order valence-corrected chi connectivity index (χ0v) is 10.1. The van der Waals surface area contributed by atoms with Gasteiger partial charge in [-0.15, -0.1) is 0 Å². The molecule has 16 heavy (non-hydrogen) atoms. The van der Waals surface area contributed by atoms with Crippen molar-refractivity contribution in [1.29, 1.82) is 0 Å². The van der Waals surface area contributed by atoms with Crippen LogP contribution in [0.4, 0.5) is 0 Å². The van der Waals surface area contributed by atoms with Crippen LogP contribution >= 0.6 is 0 Å². The molecule has 88 valence electrons. The molecule has 0 saturated carbocycles. The number of Topliss-reactive ketones (excluding diaryl/α,β-unsaturated/α-hetero) is 1. The smallest absolute Gasteiger partial charge is 0.168 e. The molecule has 0 spiro atoms. The van der Waals surface area contributed by atoms with Crippen molar-refractivity contribution in [3.63, 3.8) is 0 Å². The van der Waals surface area contributed by atoms with E-state index in [1.807, 2.05) is 32.0 Å². The Hall–Kier alpha value is -1.35. The Kier molecular flexibility index (Phi) is 4.50. The third kappa shape index (κ3) is 3.07. The number of methoxy groups -OCH3 is 1. The Morgan fingerprint density at radius 1 is 1.50 bits per heavy atom. The van der Waals surface area contributed by atoms with E-state index < -0.39 is 0 Å². The Morgan fingerprint density at radius 3 is 2.75 bits per heavy atom. The van der Waals surface area contributed by atoms with Crippen molar-refractivity contribution in [2.75, 3.05) is 7.11 Å². The van der Waals surface area contributed by atoms with Crippen LogP contribution in [0.15, 0.2) is 18.2 Å². The molecule has 1 unspecified atom stereocenters. The molecule has 0 radical (unpaired) electrons. The summed E-state index contributed by atoms with van der Waals surface area (Å²) in [5, 5.41) is 0. The predicted molar refractivity (Wildman–Crippen MR) is 64.9 cm³/mol. The number of hydrogen-bond acceptors (Lipinski definition) is 3. The van der Waals surface area contributed by atoms with E-state index in [0.29, 0.717) is 17.7 Å². The molecule has 0 aliphatic carbocycles. The van der Waals surface area contributed by atoms with Crippen LogP contribution < -0.4 is 10.5 Å². The van der Waals surface area contributed by atoms with Crippen molar-refractivity contribution in [2.45, 2.75) is 32.7 Å². The van der Waals surface area contributed by atoms with Gasteiger partial charge in [0, 0.05) is 12.5 Å². The van der Waals surface area contributed by atoms with Gasteiger partial charge in [-0.1, -0.05) is 18.6 Å². The third-order valence-corrected chi connectivity index (χ3v) is 2.63. The lowest BCUT2D eigenvalue weighted by molar-refractivity contribution is 0.0971. The molecule has 0 amide bonds. The van der Waals surface area contributed by atoms with Crippen LogP contribution in [0.3, 0.4) is 0 Å². The van der Waals surface area contributed by atoms with Crippen molar-refractivity contribution in [2.24, 2.45) is 5.73 Å². The number of carbonyl (C=O) groups excluding carboxylic acids is 1. The standard InChI is InChI=1S/C13H19NO2/c1-4-10(14)8-12(15)11-7-9(2)5-6-13(11)16-3/h5-7,10H,4,8,14H2,1-3H3. The summed E-state index contributed by atoms with van der Waals surface area (Å²) < 4.78 is 5.18. The van der Waals surface area contributed by atoms with Crippen LogP contribution in [0, 0.1) is 6.92 Å². The SMILES string of the molecule is CCC(N)CC(=O)c1cc(C)ccc1OC. The van der Waals surface area contributed by atoms with Gasteiger partial charge >= 0.3 is 0 Å². The first-order valence-corrected chi connectivity index (χ1v) is 5.52. The highest BCUT2D eigenvalue weighted by Gasteiger charge is 2.14. The molecule has 2 N–H and O–H groups in total. The van der Waals surface area contributed by atoms with Gasteiger partial charge in [0.2, 0.25) is 0 Å². The maximum Gasteiger partial charge on any atom is 0.168 e. The van der Waals surface area contributed by atoms with E-state index in [-0.39, 0.29) is 11.8 Å². The Labute approximate surface area is 96.6 Å². The summed E-state index contributed by atoms with van der Waals surface area (Å²) >= 11 is 0. The highest BCUT2D eigenvalue weighted by Crippen LogP contribution is 2.21. The second-order valence-corrected chi connectivity index (χ2v) is 4.00. The Morgan fingerprint density at radius 2 is 2.19 bits per heavy atom. The number of aryl methyl sites for hydroxylation is 1. The van der Waals surface area contributed by atoms with Crippen molar-refractivity contribution in [1.82, 2.24) is 0 Å². The van der Waals surface area contributed by atoms with Gasteiger partial charge in [0.05, 0.1) is 12.7 Å². The van der Waals surface area contributed by atoms with Crippen LogP contribution in [0.1, 0.15) is 35.7 Å². The number of ether oxygens (including phenoxy) is 1. The van der Waals surface area contributed by atoms with Gasteiger partial charge in [-0.3, -0.25) is 4.79 Å². The molecule has 0 aromatic heterocycles. The lowest BCUT2D eigenvalue weighted by Crippen LogP contribution is -2.23. The average molecular weight is 221 g/mol. The molecule has 0 bridgehead atoms. The Balaban J connectivity index is 2.93. The zero-order chi connectivity index (χ0) is 12.1. The fourth-order valence-electron chi connectivity index (χ4n) is 1.53. The number of nitrogens with two attached hydrogens (primary N) is 1. The maximum absolute atomic E-state index is 12.0. The molecule has 0 fully saturated rings. The van der Waals surface area contributed by atoms with Crippen molar-refractivity contribution < 1.29 is 9.53 Å². The first-order chi connectivity index (χ1) is 7.58. The molecule has 0 aliphatic rings. The molecule has 3 nitrogen and oxygen atoms in total. The molecular weight excluding hydrogens is 202 g/mol. The number of carbonyl (C=O) groups is 1. The first-order valence-electron chi connectivity index (χ1n) is 5.52. The van der Waals surface area contributed by atoms with Crippen LogP contribution in [-0.4, -0.2) is 18.9 Å². The van der Waals surface area contributed by atoms with Crippen molar-refractivity contribution in [3.8, 4) is 5.75 Å². The molecule has 1 rings (SSSR count). The van der Waals surface area contributed by atoms with Crippen LogP contribution in [0.5, 0.6) is 5.75 Å². The molecule has 1 atom stereocenters. The van der Waals surface area contributed by atoms with Gasteiger partial charge in [-0.05, 0) is 25.5 Å². The second-order valence-electron chi connectivity index (χ2n) is 4.00. The maximum atomic E-state index is 12.0. The minimum atomic E-state index is -0.0716. The quantitative estimate of drug-likeness (QED) is 0.776. The zero-order valence-electron chi connectivity index (χ0n) is 10.1. The minimum Gasteiger partial charge on any atom is -0.496 e. The predicted octanol–water partition coefficient (Wildman–Crippen LogP) is 2.31. The molecule has 0 saturated heterocycles. The van der Waals surface area contributed by atoms with Gasteiger partial charge in [-0.2, -0.15) is 0 Å². The topological polar surface area (TPSA) is 52.3 Å². The second kappa shape index (κ2) is 5.66. The molecular formula is C13H19NO2. The largest absolute Gasteiger partial charge is 0.496 e. The van der Waals surface area contributed by atoms with Gasteiger partial charge < -0.3 is 10.5 Å². The molecule has 1 aromatic carbocycles. The molecule has 1 aromatic rings. The monoisotopic (exact) mass is 221 g/mol. The highest BCUT2D eigenvalue weighted by molar-refractivity contribution is 5.99. The van der Waals surface area contributed by atoms with E-state index >= 15 is 0 Å². The minimum absolute atomic E-state index is 0.0508. The third-order valence-electron chi connectivity index (χ3n) is 2.63. The van der Waals surface area contributed by atoms with Gasteiger partial charge in [0.25, 0.3) is 0 Å². The lowest BCUT2D eigenvalue weighted by Gasteiger charge is -2.11. The summed E-state index contributed by atoms with van der Waals surface area (Å²) in [5.74, 6) is 0.675. The molecule has 0 aliphatic heterocycles. The molecule has 0 heterocycles. The molecule has 3 heteroatoms. The Bertz CT molecular complexity index is 374. The van der Waals surface area contributed by atoms with Gasteiger partial charge in [0.1, 0.15) is 5.75 Å². The van der Waals surface area contributed by atoms with E-state index in [0.717, 1.165) is 12.0 Å². The fraction of sp³-hybridized carbons (Fsp3) is 0.462. The number of benzene rings is 1. The first kappa shape index (κ1) is 12.7. The van der Waals surface area contributed by atoms with E-state index in [1.165, 1.54) is 0 Å². The summed E-state index contributed by atoms with van der Waals surface area (Å²) in [4.78, 5) is 12.0. The van der Waals surface area contributed by atoms with Crippen LogP contribution in [0.2, 0.25) is 0 Å². The van der Waals surface area contributed by atoms with E-state index in [4.69, 9.17) is 10.5 Å². The van der Waals surface area contributed by atoms with Crippen LogP contribution in [0.25, 0.3) is 0 Å². The van der Waals surface area contributed by atoms with Gasteiger partial charge in [0.15, 0.2) is 5.78 Å². The summed E-state index contributed by atoms with van der Waals surface area (Å²) in [6, 6.07) is 5.52. The van der Waals surface area contributed by atoms with Crippen molar-refractivity contribution >= 4 is 5.78 Å². The normalized spacial score (nSPS) is 12.2. The fourth-order valence-corrected chi connectivity index (χ4v) is 1.53. The van der Waals surface area contributed by atoms with Crippen LogP contribution in [-0.2, 0) is 0 Å². The highest BCUT2D eigenvalue weighted by atomic mass is 16.5. The average Bonchev–Trinajstić information content (AvgIpc) is 2.28. The van der Waals surface area contributed by atoms with E-state index in [1.54, 1.807) is 7.11 Å². The number of ketones is 1. The summed E-state index contributed by atoms with van der Waals surface area (Å²) in [6.07, 6.45) is 1.18. The number of rotatable bonds is 5. The van der Waals surface area contributed by atoms with Crippen molar-refractivity contribution in [3.05, 3.63) is 29.3 Å². The van der Waals surface area contributed by atoms with E-state index in [2.05, 4.69) is 0 Å².